The van der Waals surface area contributed by atoms with Crippen molar-refractivity contribution < 1.29 is 13.2 Å². The van der Waals surface area contributed by atoms with Crippen LogP contribution in [0.15, 0.2) is 58.5 Å². The van der Waals surface area contributed by atoms with Crippen molar-refractivity contribution >= 4 is 22.1 Å². The molecule has 3 rings (SSSR count). The van der Waals surface area contributed by atoms with Crippen molar-refractivity contribution in [2.24, 2.45) is 5.10 Å². The molecule has 2 aromatic carbocycles. The third-order valence-corrected chi connectivity index (χ3v) is 6.50. The average Bonchev–Trinajstić information content (AvgIpc) is 3.24. The molecule has 142 valence electrons. The molecule has 0 saturated carbocycles. The Kier molecular flexibility index (Phi) is 6.03. The fraction of sp³-hybridized carbons (Fsp3) is 0.300. The second-order valence-electron chi connectivity index (χ2n) is 6.43. The number of nitrogens with one attached hydrogen (secondary N) is 1. The first-order chi connectivity index (χ1) is 13.0. The minimum Gasteiger partial charge on any atom is -0.267 e. The van der Waals surface area contributed by atoms with Crippen LogP contribution in [0.2, 0.25) is 0 Å². The number of nitrogens with zero attached hydrogens (tertiary/aromatic N) is 2. The fourth-order valence-corrected chi connectivity index (χ4v) is 4.44. The Morgan fingerprint density at radius 2 is 1.70 bits per heavy atom. The Hall–Kier alpha value is -2.51. The van der Waals surface area contributed by atoms with Crippen LogP contribution in [-0.4, -0.2) is 37.9 Å². The molecular formula is C20H23N3O3S. The highest BCUT2D eigenvalue weighted by Crippen LogP contribution is 2.21. The van der Waals surface area contributed by atoms with Crippen molar-refractivity contribution in [3.63, 3.8) is 0 Å². The lowest BCUT2D eigenvalue weighted by atomic mass is 10.1. The highest BCUT2D eigenvalue weighted by molar-refractivity contribution is 7.89. The number of hydrazone groups is 1. The third kappa shape index (κ3) is 4.61. The van der Waals surface area contributed by atoms with Crippen molar-refractivity contribution in [1.82, 2.24) is 9.73 Å². The van der Waals surface area contributed by atoms with Gasteiger partial charge in [-0.15, -0.1) is 0 Å². The molecule has 1 aliphatic heterocycles. The monoisotopic (exact) mass is 385 g/mol. The van der Waals surface area contributed by atoms with Crippen molar-refractivity contribution in [1.29, 1.82) is 0 Å². The molecule has 6 nitrogen and oxygen atoms in total. The van der Waals surface area contributed by atoms with Gasteiger partial charge in [0.25, 0.3) is 5.91 Å². The number of hydrogen-bond donors (Lipinski definition) is 1. The molecule has 0 atom stereocenters. The number of benzene rings is 2. The molecule has 0 unspecified atom stereocenters. The summed E-state index contributed by atoms with van der Waals surface area (Å²) in [5.41, 5.74) is 4.94. The summed E-state index contributed by atoms with van der Waals surface area (Å²) in [5, 5.41) is 3.96. The summed E-state index contributed by atoms with van der Waals surface area (Å²) in [6, 6.07) is 13.9. The van der Waals surface area contributed by atoms with Crippen molar-refractivity contribution in [3.05, 3.63) is 65.2 Å². The molecule has 1 fully saturated rings. The highest BCUT2D eigenvalue weighted by Gasteiger charge is 2.27. The van der Waals surface area contributed by atoms with Crippen molar-refractivity contribution in [3.8, 4) is 0 Å². The van der Waals surface area contributed by atoms with Crippen LogP contribution in [0.5, 0.6) is 0 Å². The predicted octanol–water partition coefficient (Wildman–Crippen LogP) is 2.80. The van der Waals surface area contributed by atoms with Gasteiger partial charge in [0.1, 0.15) is 0 Å². The summed E-state index contributed by atoms with van der Waals surface area (Å²) in [6.45, 7) is 3.20. The first kappa shape index (κ1) is 19.3. The van der Waals surface area contributed by atoms with E-state index in [9.17, 15) is 13.2 Å². The van der Waals surface area contributed by atoms with Gasteiger partial charge in [-0.3, -0.25) is 4.79 Å². The molecule has 0 aliphatic carbocycles. The van der Waals surface area contributed by atoms with Crippen LogP contribution in [-0.2, 0) is 16.4 Å². The number of hydrogen-bond acceptors (Lipinski definition) is 4. The van der Waals surface area contributed by atoms with E-state index in [0.29, 0.717) is 18.7 Å². The zero-order valence-corrected chi connectivity index (χ0v) is 16.1. The molecule has 7 heteroatoms. The van der Waals surface area contributed by atoms with E-state index in [2.05, 4.69) is 17.5 Å². The molecule has 0 spiro atoms. The second-order valence-corrected chi connectivity index (χ2v) is 8.37. The summed E-state index contributed by atoms with van der Waals surface area (Å²) in [5.74, 6) is -0.387. The van der Waals surface area contributed by atoms with E-state index in [1.54, 1.807) is 6.21 Å². The maximum absolute atomic E-state index is 12.5. The Labute approximate surface area is 159 Å². The summed E-state index contributed by atoms with van der Waals surface area (Å²) in [7, 11) is -3.47. The molecule has 1 heterocycles. The standard InChI is InChI=1S/C20H23N3O3S/c1-2-16-5-7-17(8-6-16)15-21-22-20(24)18-9-11-19(12-10-18)27(25,26)23-13-3-4-14-23/h5-12,15H,2-4,13-14H2,1H3,(H,22,24)/b21-15-. The Bertz CT molecular complexity index is 914. The van der Waals surface area contributed by atoms with Crippen LogP contribution >= 0.6 is 0 Å². The van der Waals surface area contributed by atoms with Gasteiger partial charge in [0, 0.05) is 18.7 Å². The molecule has 0 radical (unpaired) electrons. The topological polar surface area (TPSA) is 78.8 Å². The fourth-order valence-electron chi connectivity index (χ4n) is 2.93. The lowest BCUT2D eigenvalue weighted by Crippen LogP contribution is -2.28. The lowest BCUT2D eigenvalue weighted by molar-refractivity contribution is 0.0955. The van der Waals surface area contributed by atoms with Crippen molar-refractivity contribution in [2.45, 2.75) is 31.1 Å². The van der Waals surface area contributed by atoms with Gasteiger partial charge >= 0.3 is 0 Å². The minimum atomic E-state index is -3.47. The summed E-state index contributed by atoms with van der Waals surface area (Å²) >= 11 is 0. The van der Waals surface area contributed by atoms with Gasteiger partial charge in [-0.05, 0) is 54.7 Å². The summed E-state index contributed by atoms with van der Waals surface area (Å²) in [6.07, 6.45) is 4.32. The van der Waals surface area contributed by atoms with E-state index in [4.69, 9.17) is 0 Å². The first-order valence-corrected chi connectivity index (χ1v) is 10.5. The van der Waals surface area contributed by atoms with E-state index in [1.165, 1.54) is 34.1 Å². The van der Waals surface area contributed by atoms with Crippen LogP contribution in [0.1, 0.15) is 41.3 Å². The maximum Gasteiger partial charge on any atom is 0.271 e. The average molecular weight is 385 g/mol. The van der Waals surface area contributed by atoms with Gasteiger partial charge in [-0.2, -0.15) is 9.41 Å². The van der Waals surface area contributed by atoms with Crippen molar-refractivity contribution in [2.75, 3.05) is 13.1 Å². The van der Waals surface area contributed by atoms with E-state index in [0.717, 1.165) is 24.8 Å². The molecular weight excluding hydrogens is 362 g/mol. The van der Waals surface area contributed by atoms with Crippen LogP contribution in [0, 0.1) is 0 Å². The van der Waals surface area contributed by atoms with Crippen LogP contribution in [0.4, 0.5) is 0 Å². The number of carbonyl (C=O) groups excluding carboxylic acids is 1. The smallest absolute Gasteiger partial charge is 0.267 e. The molecule has 27 heavy (non-hydrogen) atoms. The molecule has 1 N–H and O–H groups in total. The third-order valence-electron chi connectivity index (χ3n) is 4.59. The van der Waals surface area contributed by atoms with Gasteiger partial charge in [0.05, 0.1) is 11.1 Å². The normalized spacial score (nSPS) is 15.3. The molecule has 1 saturated heterocycles. The van der Waals surface area contributed by atoms with E-state index < -0.39 is 10.0 Å². The molecule has 0 aromatic heterocycles. The zero-order chi connectivity index (χ0) is 19.3. The van der Waals surface area contributed by atoms with E-state index in [-0.39, 0.29) is 10.8 Å². The first-order valence-electron chi connectivity index (χ1n) is 9.03. The molecule has 2 aromatic rings. The zero-order valence-electron chi connectivity index (χ0n) is 15.3. The SMILES string of the molecule is CCc1ccc(/C=N\NC(=O)c2ccc(S(=O)(=O)N3CCCC3)cc2)cc1. The number of carbonyl (C=O) groups is 1. The number of amides is 1. The second kappa shape index (κ2) is 8.45. The predicted molar refractivity (Wildman–Crippen MR) is 105 cm³/mol. The molecule has 0 bridgehead atoms. The summed E-state index contributed by atoms with van der Waals surface area (Å²) in [4.78, 5) is 12.4. The van der Waals surface area contributed by atoms with Crippen LogP contribution in [0.3, 0.4) is 0 Å². The largest absolute Gasteiger partial charge is 0.271 e. The Morgan fingerprint density at radius 3 is 2.30 bits per heavy atom. The number of sulfonamides is 1. The van der Waals surface area contributed by atoms with Crippen LogP contribution in [0.25, 0.3) is 0 Å². The van der Waals surface area contributed by atoms with E-state index >= 15 is 0 Å². The summed E-state index contributed by atoms with van der Waals surface area (Å²) < 4.78 is 26.5. The van der Waals surface area contributed by atoms with Gasteiger partial charge in [-0.1, -0.05) is 31.2 Å². The maximum atomic E-state index is 12.5. The number of aryl methyl sites for hydroxylation is 1. The van der Waals surface area contributed by atoms with Crippen LogP contribution < -0.4 is 5.43 Å². The lowest BCUT2D eigenvalue weighted by Gasteiger charge is -2.15. The highest BCUT2D eigenvalue weighted by atomic mass is 32.2. The number of rotatable bonds is 6. The quantitative estimate of drug-likeness (QED) is 0.613. The van der Waals surface area contributed by atoms with Gasteiger partial charge in [-0.25, -0.2) is 13.8 Å². The molecule has 1 aliphatic rings. The van der Waals surface area contributed by atoms with Gasteiger partial charge in [0.2, 0.25) is 10.0 Å². The Balaban J connectivity index is 1.62. The van der Waals surface area contributed by atoms with Gasteiger partial charge < -0.3 is 0 Å². The molecule has 1 amide bonds. The van der Waals surface area contributed by atoms with Gasteiger partial charge in [0.15, 0.2) is 0 Å². The Morgan fingerprint density at radius 1 is 1.07 bits per heavy atom. The minimum absolute atomic E-state index is 0.209. The van der Waals surface area contributed by atoms with E-state index in [1.807, 2.05) is 24.3 Å².